The standard InChI is InChI=1S/C37H41N3O5S/c1-2-45-33-24-22-32(23-25-33)40(46(43,44)34-20-10-5-11-21-34)28-36(41)39(27-30-16-8-4-9-17-30)35(26-29-14-6-3-7-15-29)37(42)38-31-18-12-13-19-31/h3-11,14-17,20-25,31,35H,2,12-13,18-19,26-28H2,1H3,(H,38,42)/t35-/m1/s1. The highest BCUT2D eigenvalue weighted by Gasteiger charge is 2.35. The Balaban J connectivity index is 1.54. The first-order valence-corrected chi connectivity index (χ1v) is 17.3. The molecule has 0 saturated heterocycles. The first kappa shape index (κ1) is 32.8. The molecule has 0 bridgehead atoms. The summed E-state index contributed by atoms with van der Waals surface area (Å²) in [5.74, 6) is -0.134. The lowest BCUT2D eigenvalue weighted by Crippen LogP contribution is -2.54. The van der Waals surface area contributed by atoms with Gasteiger partial charge in [0.1, 0.15) is 18.3 Å². The van der Waals surface area contributed by atoms with Gasteiger partial charge in [0, 0.05) is 19.0 Å². The highest BCUT2D eigenvalue weighted by atomic mass is 32.2. The maximum atomic E-state index is 14.6. The molecule has 5 rings (SSSR count). The van der Waals surface area contributed by atoms with Crippen molar-refractivity contribution < 1.29 is 22.7 Å². The number of ether oxygens (including phenoxy) is 1. The minimum absolute atomic E-state index is 0.0539. The Kier molecular flexibility index (Phi) is 11.1. The average molecular weight is 640 g/mol. The molecule has 0 spiro atoms. The lowest BCUT2D eigenvalue weighted by molar-refractivity contribution is -0.140. The van der Waals surface area contributed by atoms with E-state index in [-0.39, 0.29) is 29.8 Å². The van der Waals surface area contributed by atoms with Gasteiger partial charge in [-0.25, -0.2) is 8.42 Å². The number of hydrogen-bond acceptors (Lipinski definition) is 5. The first-order valence-electron chi connectivity index (χ1n) is 15.8. The van der Waals surface area contributed by atoms with Gasteiger partial charge in [-0.2, -0.15) is 0 Å². The van der Waals surface area contributed by atoms with Crippen molar-refractivity contribution in [3.8, 4) is 5.75 Å². The number of carbonyl (C=O) groups excluding carboxylic acids is 2. The van der Waals surface area contributed by atoms with Gasteiger partial charge in [-0.1, -0.05) is 91.7 Å². The molecule has 0 unspecified atom stereocenters. The van der Waals surface area contributed by atoms with Crippen molar-refractivity contribution in [2.45, 2.75) is 62.6 Å². The maximum Gasteiger partial charge on any atom is 0.264 e. The van der Waals surface area contributed by atoms with E-state index in [1.165, 1.54) is 17.0 Å². The molecule has 1 N–H and O–H groups in total. The van der Waals surface area contributed by atoms with Gasteiger partial charge < -0.3 is 15.0 Å². The number of hydrogen-bond donors (Lipinski definition) is 1. The molecular weight excluding hydrogens is 598 g/mol. The summed E-state index contributed by atoms with van der Waals surface area (Å²) in [6, 6.07) is 33.0. The second-order valence-electron chi connectivity index (χ2n) is 11.5. The highest BCUT2D eigenvalue weighted by Crippen LogP contribution is 2.27. The molecule has 0 aromatic heterocycles. The molecule has 1 aliphatic rings. The Labute approximate surface area is 272 Å². The molecule has 0 heterocycles. The fraction of sp³-hybridized carbons (Fsp3) is 0.297. The van der Waals surface area contributed by atoms with Crippen LogP contribution in [-0.4, -0.2) is 50.4 Å². The maximum absolute atomic E-state index is 14.6. The van der Waals surface area contributed by atoms with Crippen molar-refractivity contribution >= 4 is 27.5 Å². The Morgan fingerprint density at radius 3 is 1.96 bits per heavy atom. The third-order valence-corrected chi connectivity index (χ3v) is 10.0. The van der Waals surface area contributed by atoms with Crippen molar-refractivity contribution in [1.82, 2.24) is 10.2 Å². The van der Waals surface area contributed by atoms with Crippen LogP contribution >= 0.6 is 0 Å². The van der Waals surface area contributed by atoms with Gasteiger partial charge in [0.15, 0.2) is 0 Å². The van der Waals surface area contributed by atoms with Gasteiger partial charge in [-0.3, -0.25) is 13.9 Å². The Bertz CT molecular complexity index is 1660. The molecule has 0 aliphatic heterocycles. The van der Waals surface area contributed by atoms with Crippen LogP contribution in [0.25, 0.3) is 0 Å². The topological polar surface area (TPSA) is 96.0 Å². The summed E-state index contributed by atoms with van der Waals surface area (Å²) in [6.45, 7) is 1.97. The van der Waals surface area contributed by atoms with Crippen LogP contribution < -0.4 is 14.4 Å². The van der Waals surface area contributed by atoms with Crippen molar-refractivity contribution in [3.63, 3.8) is 0 Å². The normalized spacial score (nSPS) is 13.9. The molecule has 2 amide bonds. The van der Waals surface area contributed by atoms with Gasteiger partial charge in [-0.05, 0) is 67.3 Å². The molecule has 46 heavy (non-hydrogen) atoms. The van der Waals surface area contributed by atoms with Crippen LogP contribution in [0.5, 0.6) is 5.75 Å². The van der Waals surface area contributed by atoms with Crippen LogP contribution in [0.2, 0.25) is 0 Å². The van der Waals surface area contributed by atoms with E-state index in [0.717, 1.165) is 41.1 Å². The Morgan fingerprint density at radius 1 is 0.804 bits per heavy atom. The summed E-state index contributed by atoms with van der Waals surface area (Å²) in [4.78, 5) is 30.2. The molecule has 240 valence electrons. The van der Waals surface area contributed by atoms with Crippen LogP contribution in [0.4, 0.5) is 5.69 Å². The number of anilines is 1. The number of nitrogens with zero attached hydrogens (tertiary/aromatic N) is 2. The molecule has 0 radical (unpaired) electrons. The summed E-state index contributed by atoms with van der Waals surface area (Å²) in [7, 11) is -4.16. The van der Waals surface area contributed by atoms with Crippen LogP contribution in [0.15, 0.2) is 120 Å². The van der Waals surface area contributed by atoms with Gasteiger partial charge in [0.25, 0.3) is 10.0 Å². The zero-order valence-electron chi connectivity index (χ0n) is 26.1. The predicted octanol–water partition coefficient (Wildman–Crippen LogP) is 5.98. The second-order valence-corrected chi connectivity index (χ2v) is 13.3. The van der Waals surface area contributed by atoms with E-state index in [1.54, 1.807) is 42.5 Å². The predicted molar refractivity (Wildman–Crippen MR) is 180 cm³/mol. The minimum atomic E-state index is -4.16. The van der Waals surface area contributed by atoms with Gasteiger partial charge in [0.05, 0.1) is 17.2 Å². The van der Waals surface area contributed by atoms with Crippen LogP contribution in [0.1, 0.15) is 43.7 Å². The molecule has 4 aromatic carbocycles. The zero-order chi connectivity index (χ0) is 32.4. The van der Waals surface area contributed by atoms with E-state index < -0.39 is 28.5 Å². The summed E-state index contributed by atoms with van der Waals surface area (Å²) < 4.78 is 35.0. The number of nitrogens with one attached hydrogen (secondary N) is 1. The van der Waals surface area contributed by atoms with E-state index >= 15 is 0 Å². The first-order chi connectivity index (χ1) is 22.3. The molecular formula is C37H41N3O5S. The van der Waals surface area contributed by atoms with Crippen LogP contribution in [0, 0.1) is 0 Å². The summed E-state index contributed by atoms with van der Waals surface area (Å²) in [5, 5.41) is 3.20. The lowest BCUT2D eigenvalue weighted by Gasteiger charge is -2.34. The summed E-state index contributed by atoms with van der Waals surface area (Å²) in [5.41, 5.74) is 2.05. The minimum Gasteiger partial charge on any atom is -0.494 e. The molecule has 1 atom stereocenters. The largest absolute Gasteiger partial charge is 0.494 e. The average Bonchev–Trinajstić information content (AvgIpc) is 3.60. The number of amides is 2. The Hall–Kier alpha value is -4.63. The SMILES string of the molecule is CCOc1ccc(N(CC(=O)N(Cc2ccccc2)[C@H](Cc2ccccc2)C(=O)NC2CCCC2)S(=O)(=O)c2ccccc2)cc1. The van der Waals surface area contributed by atoms with E-state index in [1.807, 2.05) is 67.6 Å². The monoisotopic (exact) mass is 639 g/mol. The highest BCUT2D eigenvalue weighted by molar-refractivity contribution is 7.92. The third-order valence-electron chi connectivity index (χ3n) is 8.21. The van der Waals surface area contributed by atoms with Crippen LogP contribution in [0.3, 0.4) is 0 Å². The summed E-state index contributed by atoms with van der Waals surface area (Å²) in [6.07, 6.45) is 4.19. The number of benzene rings is 4. The van der Waals surface area contributed by atoms with Gasteiger partial charge in [-0.15, -0.1) is 0 Å². The number of rotatable bonds is 14. The summed E-state index contributed by atoms with van der Waals surface area (Å²) >= 11 is 0. The molecule has 1 aliphatic carbocycles. The van der Waals surface area contributed by atoms with Crippen molar-refractivity contribution in [2.24, 2.45) is 0 Å². The molecule has 8 nitrogen and oxygen atoms in total. The number of sulfonamides is 1. The number of carbonyl (C=O) groups is 2. The van der Waals surface area contributed by atoms with E-state index in [2.05, 4.69) is 5.32 Å². The van der Waals surface area contributed by atoms with Crippen molar-refractivity contribution in [3.05, 3.63) is 126 Å². The molecule has 9 heteroatoms. The van der Waals surface area contributed by atoms with Gasteiger partial charge in [0.2, 0.25) is 11.8 Å². The van der Waals surface area contributed by atoms with E-state index in [4.69, 9.17) is 4.74 Å². The van der Waals surface area contributed by atoms with Crippen molar-refractivity contribution in [1.29, 1.82) is 0 Å². The molecule has 4 aromatic rings. The quantitative estimate of drug-likeness (QED) is 0.183. The molecule has 1 saturated carbocycles. The second kappa shape index (κ2) is 15.6. The Morgan fingerprint density at radius 2 is 1.37 bits per heavy atom. The fourth-order valence-corrected chi connectivity index (χ4v) is 7.26. The van der Waals surface area contributed by atoms with Crippen molar-refractivity contribution in [2.75, 3.05) is 17.5 Å². The van der Waals surface area contributed by atoms with E-state index in [0.29, 0.717) is 18.0 Å². The molecule has 1 fully saturated rings. The van der Waals surface area contributed by atoms with E-state index in [9.17, 15) is 18.0 Å². The van der Waals surface area contributed by atoms with Crippen LogP contribution in [-0.2, 0) is 32.6 Å². The fourth-order valence-electron chi connectivity index (χ4n) is 5.83. The third kappa shape index (κ3) is 8.34. The van der Waals surface area contributed by atoms with Gasteiger partial charge >= 0.3 is 0 Å². The smallest absolute Gasteiger partial charge is 0.264 e. The lowest BCUT2D eigenvalue weighted by atomic mass is 10.0. The zero-order valence-corrected chi connectivity index (χ0v) is 26.9.